The van der Waals surface area contributed by atoms with Gasteiger partial charge < -0.3 is 19.3 Å². The van der Waals surface area contributed by atoms with Gasteiger partial charge in [-0.1, -0.05) is 139 Å². The SMILES string of the molecule is CCCCCCC(Oc1ccccc1)c1ccc(O)c(C(CCCCCC)Oc2ccccc2)c1C(CCCCCC)Oc1ccccc1. The van der Waals surface area contributed by atoms with Gasteiger partial charge in [0.2, 0.25) is 0 Å². The number of aromatic hydroxyl groups is 1. The molecule has 4 heteroatoms. The van der Waals surface area contributed by atoms with Crippen LogP contribution in [0.5, 0.6) is 23.0 Å². The molecule has 4 rings (SSSR count). The molecule has 4 aromatic carbocycles. The molecule has 4 aromatic rings. The molecule has 1 N–H and O–H groups in total. The van der Waals surface area contributed by atoms with Crippen LogP contribution >= 0.6 is 0 Å². The third-order valence-corrected chi connectivity index (χ3v) is 9.31. The summed E-state index contributed by atoms with van der Waals surface area (Å²) in [5.41, 5.74) is 2.94. The van der Waals surface area contributed by atoms with Crippen LogP contribution in [0, 0.1) is 0 Å². The number of benzene rings is 4. The molecule has 0 amide bonds. The molecule has 0 bridgehead atoms. The molecule has 0 aliphatic heterocycles. The van der Waals surface area contributed by atoms with Gasteiger partial charge in [-0.2, -0.15) is 0 Å². The van der Waals surface area contributed by atoms with E-state index in [2.05, 4.69) is 26.8 Å². The molecule has 0 radical (unpaired) electrons. The molecule has 3 unspecified atom stereocenters. The van der Waals surface area contributed by atoms with E-state index < -0.39 is 0 Å². The van der Waals surface area contributed by atoms with Crippen LogP contribution in [0.2, 0.25) is 0 Å². The Kier molecular flexibility index (Phi) is 17.0. The highest BCUT2D eigenvalue weighted by Gasteiger charge is 2.32. The fourth-order valence-electron chi connectivity index (χ4n) is 6.68. The third kappa shape index (κ3) is 12.5. The van der Waals surface area contributed by atoms with E-state index in [1.807, 2.05) is 97.1 Å². The van der Waals surface area contributed by atoms with Crippen LogP contribution in [0.15, 0.2) is 103 Å². The largest absolute Gasteiger partial charge is 0.508 e. The van der Waals surface area contributed by atoms with Crippen LogP contribution < -0.4 is 14.2 Å². The summed E-state index contributed by atoms with van der Waals surface area (Å²) < 4.78 is 20.7. The Morgan fingerprint density at radius 1 is 0.408 bits per heavy atom. The van der Waals surface area contributed by atoms with E-state index in [4.69, 9.17) is 14.2 Å². The second-order valence-corrected chi connectivity index (χ2v) is 13.3. The Morgan fingerprint density at radius 2 is 0.776 bits per heavy atom. The Balaban J connectivity index is 1.89. The van der Waals surface area contributed by atoms with Gasteiger partial charge >= 0.3 is 0 Å². The maximum absolute atomic E-state index is 11.9. The number of rotatable bonds is 24. The molecule has 0 heterocycles. The second kappa shape index (κ2) is 21.9. The Hall–Kier alpha value is -3.92. The number of phenolic OH excluding ortho intramolecular Hbond substituents is 1. The Labute approximate surface area is 296 Å². The molecular formula is C45H60O4. The first kappa shape index (κ1) is 37.9. The van der Waals surface area contributed by atoms with Crippen molar-refractivity contribution >= 4 is 0 Å². The second-order valence-electron chi connectivity index (χ2n) is 13.3. The fraction of sp³-hybridized carbons (Fsp3) is 0.467. The summed E-state index contributed by atoms with van der Waals surface area (Å²) in [7, 11) is 0. The average molecular weight is 665 g/mol. The molecule has 0 spiro atoms. The van der Waals surface area contributed by atoms with E-state index in [1.54, 1.807) is 0 Å². The molecule has 0 saturated heterocycles. The molecular weight excluding hydrogens is 604 g/mol. The van der Waals surface area contributed by atoms with Crippen molar-refractivity contribution in [2.24, 2.45) is 0 Å². The van der Waals surface area contributed by atoms with Crippen molar-refractivity contribution in [3.05, 3.63) is 120 Å². The molecule has 49 heavy (non-hydrogen) atoms. The predicted molar refractivity (Wildman–Crippen MR) is 204 cm³/mol. The van der Waals surface area contributed by atoms with Gasteiger partial charge in [0.05, 0.1) is 0 Å². The van der Waals surface area contributed by atoms with Gasteiger partial charge in [-0.3, -0.25) is 0 Å². The van der Waals surface area contributed by atoms with E-state index in [0.29, 0.717) is 0 Å². The monoisotopic (exact) mass is 664 g/mol. The van der Waals surface area contributed by atoms with Crippen LogP contribution in [0.25, 0.3) is 0 Å². The zero-order chi connectivity index (χ0) is 34.5. The number of ether oxygens (including phenoxy) is 3. The number of para-hydroxylation sites is 3. The first-order valence-corrected chi connectivity index (χ1v) is 19.1. The smallest absolute Gasteiger partial charge is 0.128 e. The van der Waals surface area contributed by atoms with Crippen molar-refractivity contribution in [3.8, 4) is 23.0 Å². The predicted octanol–water partition coefficient (Wildman–Crippen LogP) is 13.7. The normalized spacial score (nSPS) is 13.0. The van der Waals surface area contributed by atoms with Crippen LogP contribution in [0.1, 0.15) is 152 Å². The molecule has 0 aliphatic rings. The Bertz CT molecular complexity index is 1420. The lowest BCUT2D eigenvalue weighted by Gasteiger charge is -2.32. The maximum atomic E-state index is 11.9. The van der Waals surface area contributed by atoms with E-state index in [9.17, 15) is 5.11 Å². The van der Waals surface area contributed by atoms with Gasteiger partial charge in [0.25, 0.3) is 0 Å². The highest BCUT2D eigenvalue weighted by atomic mass is 16.5. The van der Waals surface area contributed by atoms with E-state index in [1.165, 1.54) is 32.1 Å². The van der Waals surface area contributed by atoms with Crippen molar-refractivity contribution in [3.63, 3.8) is 0 Å². The molecule has 0 aliphatic carbocycles. The number of hydrogen-bond donors (Lipinski definition) is 1. The quantitative estimate of drug-likeness (QED) is 0.0757. The molecule has 0 aromatic heterocycles. The van der Waals surface area contributed by atoms with E-state index in [-0.39, 0.29) is 24.1 Å². The summed E-state index contributed by atoms with van der Waals surface area (Å²) in [6.45, 7) is 6.74. The molecule has 4 nitrogen and oxygen atoms in total. The van der Waals surface area contributed by atoms with Crippen molar-refractivity contribution < 1.29 is 19.3 Å². The topological polar surface area (TPSA) is 47.9 Å². The van der Waals surface area contributed by atoms with Gasteiger partial charge in [0.15, 0.2) is 0 Å². The minimum absolute atomic E-state index is 0.205. The van der Waals surface area contributed by atoms with Crippen molar-refractivity contribution in [1.82, 2.24) is 0 Å². The van der Waals surface area contributed by atoms with Gasteiger partial charge in [-0.25, -0.2) is 0 Å². The number of phenols is 1. The van der Waals surface area contributed by atoms with Crippen LogP contribution in [-0.4, -0.2) is 5.11 Å². The Morgan fingerprint density at radius 3 is 1.18 bits per heavy atom. The first-order chi connectivity index (χ1) is 24.1. The van der Waals surface area contributed by atoms with Crippen molar-refractivity contribution in [1.29, 1.82) is 0 Å². The van der Waals surface area contributed by atoms with Crippen LogP contribution in [-0.2, 0) is 0 Å². The van der Waals surface area contributed by atoms with Crippen molar-refractivity contribution in [2.45, 2.75) is 135 Å². The lowest BCUT2D eigenvalue weighted by atomic mass is 9.85. The van der Waals surface area contributed by atoms with Crippen LogP contribution in [0.3, 0.4) is 0 Å². The van der Waals surface area contributed by atoms with E-state index in [0.717, 1.165) is 98.1 Å². The summed E-state index contributed by atoms with van der Waals surface area (Å²) >= 11 is 0. The van der Waals surface area contributed by atoms with E-state index >= 15 is 0 Å². The van der Waals surface area contributed by atoms with Crippen LogP contribution in [0.4, 0.5) is 0 Å². The van der Waals surface area contributed by atoms with Gasteiger partial charge in [0.1, 0.15) is 41.3 Å². The minimum atomic E-state index is -0.343. The molecule has 0 fully saturated rings. The molecule has 0 saturated carbocycles. The zero-order valence-corrected chi connectivity index (χ0v) is 30.3. The highest BCUT2D eigenvalue weighted by Crippen LogP contribution is 2.45. The third-order valence-electron chi connectivity index (χ3n) is 9.31. The first-order valence-electron chi connectivity index (χ1n) is 19.1. The summed E-state index contributed by atoms with van der Waals surface area (Å²) in [6, 6.07) is 34.3. The number of hydrogen-bond acceptors (Lipinski definition) is 4. The minimum Gasteiger partial charge on any atom is -0.508 e. The maximum Gasteiger partial charge on any atom is 0.128 e. The number of unbranched alkanes of at least 4 members (excludes halogenated alkanes) is 9. The lowest BCUT2D eigenvalue weighted by Crippen LogP contribution is -2.21. The highest BCUT2D eigenvalue weighted by molar-refractivity contribution is 5.49. The average Bonchev–Trinajstić information content (AvgIpc) is 3.13. The fourth-order valence-corrected chi connectivity index (χ4v) is 6.68. The summed E-state index contributed by atoms with van der Waals surface area (Å²) in [5.74, 6) is 2.74. The van der Waals surface area contributed by atoms with Gasteiger partial charge in [-0.15, -0.1) is 0 Å². The standard InChI is InChI=1S/C45H60O4/c1-4-7-10-22-31-41(47-36-25-16-13-17-26-36)39-34-35-40(46)45(43(33-24-12-9-6-3)49-38-29-20-15-21-30-38)44(39)42(32-23-11-8-5-2)48-37-27-18-14-19-28-37/h13-21,25-30,34-35,41-43,46H,4-12,22-24,31-33H2,1-3H3. The molecule has 264 valence electrons. The summed E-state index contributed by atoms with van der Waals surface area (Å²) in [5, 5.41) is 11.9. The van der Waals surface area contributed by atoms with Crippen molar-refractivity contribution in [2.75, 3.05) is 0 Å². The zero-order valence-electron chi connectivity index (χ0n) is 30.3. The van der Waals surface area contributed by atoms with Gasteiger partial charge in [-0.05, 0) is 86.6 Å². The lowest BCUT2D eigenvalue weighted by molar-refractivity contribution is 0.152. The van der Waals surface area contributed by atoms with Gasteiger partial charge in [0, 0.05) is 11.1 Å². The summed E-state index contributed by atoms with van der Waals surface area (Å²) in [6.07, 6.45) is 15.3. The summed E-state index contributed by atoms with van der Waals surface area (Å²) in [4.78, 5) is 0. The molecule has 3 atom stereocenters.